The van der Waals surface area contributed by atoms with Crippen LogP contribution in [0.5, 0.6) is 5.75 Å². The van der Waals surface area contributed by atoms with Gasteiger partial charge in [-0.1, -0.05) is 23.8 Å². The van der Waals surface area contributed by atoms with Crippen LogP contribution in [0.15, 0.2) is 42.6 Å². The lowest BCUT2D eigenvalue weighted by Gasteiger charge is -2.30. The summed E-state index contributed by atoms with van der Waals surface area (Å²) in [6, 6.07) is 11.6. The van der Waals surface area contributed by atoms with E-state index in [0.717, 1.165) is 46.1 Å². The Kier molecular flexibility index (Phi) is 4.84. The summed E-state index contributed by atoms with van der Waals surface area (Å²) in [6.45, 7) is 3.05. The van der Waals surface area contributed by atoms with Crippen LogP contribution in [0.4, 0.5) is 5.13 Å². The molecule has 0 aliphatic heterocycles. The molecule has 0 bridgehead atoms. The van der Waals surface area contributed by atoms with Crippen molar-refractivity contribution in [2.75, 3.05) is 11.5 Å². The highest BCUT2D eigenvalue weighted by atomic mass is 32.1. The fourth-order valence-electron chi connectivity index (χ4n) is 3.03. The number of anilines is 1. The molecule has 3 aromatic rings. The van der Waals surface area contributed by atoms with Gasteiger partial charge in [-0.05, 0) is 50.1 Å². The minimum absolute atomic E-state index is 0.115. The first-order chi connectivity index (χ1) is 12.7. The normalized spacial score (nSPS) is 14.2. The number of carbonyl (C=O) groups is 1. The summed E-state index contributed by atoms with van der Waals surface area (Å²) in [6.07, 6.45) is 4.83. The Morgan fingerprint density at radius 3 is 2.88 bits per heavy atom. The Morgan fingerprint density at radius 1 is 1.31 bits per heavy atom. The maximum absolute atomic E-state index is 13.0. The van der Waals surface area contributed by atoms with E-state index in [9.17, 15) is 4.79 Å². The molecule has 2 aromatic heterocycles. The van der Waals surface area contributed by atoms with Crippen molar-refractivity contribution in [3.63, 3.8) is 0 Å². The number of amides is 1. The molecule has 0 N–H and O–H groups in total. The van der Waals surface area contributed by atoms with Crippen LogP contribution < -0.4 is 9.64 Å². The summed E-state index contributed by atoms with van der Waals surface area (Å²) in [7, 11) is 0. The van der Waals surface area contributed by atoms with E-state index in [1.807, 2.05) is 43.3 Å². The van der Waals surface area contributed by atoms with E-state index in [-0.39, 0.29) is 11.8 Å². The SMILES string of the molecule is CCOc1ccc2nc(N(Cc3ccccn3)C(=O)C3CCC3)sc2c1. The molecule has 6 heteroatoms. The van der Waals surface area contributed by atoms with Crippen molar-refractivity contribution in [3.05, 3.63) is 48.3 Å². The van der Waals surface area contributed by atoms with Crippen molar-refractivity contribution in [1.82, 2.24) is 9.97 Å². The van der Waals surface area contributed by atoms with Gasteiger partial charge in [-0.2, -0.15) is 0 Å². The summed E-state index contributed by atoms with van der Waals surface area (Å²) in [4.78, 5) is 23.9. The summed E-state index contributed by atoms with van der Waals surface area (Å²) in [5, 5.41) is 0.733. The highest BCUT2D eigenvalue weighted by molar-refractivity contribution is 7.22. The first-order valence-corrected chi connectivity index (χ1v) is 9.81. The zero-order chi connectivity index (χ0) is 17.9. The Hall–Kier alpha value is -2.47. The Morgan fingerprint density at radius 2 is 2.19 bits per heavy atom. The lowest BCUT2D eigenvalue weighted by Crippen LogP contribution is -2.38. The predicted octanol–water partition coefficient (Wildman–Crippen LogP) is 4.42. The fourth-order valence-corrected chi connectivity index (χ4v) is 4.03. The number of thiazole rings is 1. The molecular weight excluding hydrogens is 346 g/mol. The minimum Gasteiger partial charge on any atom is -0.494 e. The second-order valence-corrected chi connectivity index (χ2v) is 7.44. The molecular formula is C20H21N3O2S. The molecule has 5 nitrogen and oxygen atoms in total. The second-order valence-electron chi connectivity index (χ2n) is 6.43. The van der Waals surface area contributed by atoms with E-state index >= 15 is 0 Å². The van der Waals surface area contributed by atoms with Crippen molar-refractivity contribution in [2.45, 2.75) is 32.7 Å². The van der Waals surface area contributed by atoms with Crippen LogP contribution in [0.25, 0.3) is 10.2 Å². The molecule has 4 rings (SSSR count). The molecule has 1 aliphatic carbocycles. The van der Waals surface area contributed by atoms with Gasteiger partial charge >= 0.3 is 0 Å². The van der Waals surface area contributed by atoms with Gasteiger partial charge in [0, 0.05) is 12.1 Å². The molecule has 0 unspecified atom stereocenters. The average molecular weight is 367 g/mol. The topological polar surface area (TPSA) is 55.3 Å². The molecule has 26 heavy (non-hydrogen) atoms. The van der Waals surface area contributed by atoms with Gasteiger partial charge in [0.05, 0.1) is 29.1 Å². The van der Waals surface area contributed by atoms with Crippen molar-refractivity contribution in [1.29, 1.82) is 0 Å². The van der Waals surface area contributed by atoms with Gasteiger partial charge in [-0.3, -0.25) is 14.7 Å². The first kappa shape index (κ1) is 17.0. The van der Waals surface area contributed by atoms with Crippen molar-refractivity contribution < 1.29 is 9.53 Å². The van der Waals surface area contributed by atoms with Gasteiger partial charge in [0.2, 0.25) is 5.91 Å². The summed E-state index contributed by atoms with van der Waals surface area (Å²) >= 11 is 1.53. The lowest BCUT2D eigenvalue weighted by molar-refractivity contribution is -0.124. The van der Waals surface area contributed by atoms with Crippen LogP contribution in [-0.4, -0.2) is 22.5 Å². The van der Waals surface area contributed by atoms with Crippen LogP contribution in [0.3, 0.4) is 0 Å². The third kappa shape index (κ3) is 3.42. The molecule has 0 spiro atoms. The maximum atomic E-state index is 13.0. The number of rotatable bonds is 6. The van der Waals surface area contributed by atoms with Gasteiger partial charge in [-0.25, -0.2) is 4.98 Å². The van der Waals surface area contributed by atoms with E-state index in [2.05, 4.69) is 4.98 Å². The Labute approximate surface area is 156 Å². The number of benzene rings is 1. The number of hydrogen-bond donors (Lipinski definition) is 0. The van der Waals surface area contributed by atoms with Crippen molar-refractivity contribution >= 4 is 32.6 Å². The smallest absolute Gasteiger partial charge is 0.232 e. The van der Waals surface area contributed by atoms with Gasteiger partial charge in [0.15, 0.2) is 5.13 Å². The zero-order valence-electron chi connectivity index (χ0n) is 14.7. The summed E-state index contributed by atoms with van der Waals surface area (Å²) < 4.78 is 6.61. The highest BCUT2D eigenvalue weighted by Crippen LogP contribution is 2.35. The minimum atomic E-state index is 0.115. The lowest BCUT2D eigenvalue weighted by atomic mass is 9.84. The number of aromatic nitrogens is 2. The van der Waals surface area contributed by atoms with E-state index < -0.39 is 0 Å². The molecule has 2 heterocycles. The van der Waals surface area contributed by atoms with Crippen LogP contribution in [-0.2, 0) is 11.3 Å². The van der Waals surface area contributed by atoms with Crippen LogP contribution in [0, 0.1) is 5.92 Å². The molecule has 0 atom stereocenters. The Balaban J connectivity index is 1.68. The van der Waals surface area contributed by atoms with Crippen molar-refractivity contribution in [3.8, 4) is 5.75 Å². The Bertz CT molecular complexity index is 906. The highest BCUT2D eigenvalue weighted by Gasteiger charge is 2.32. The van der Waals surface area contributed by atoms with Gasteiger partial charge in [0.1, 0.15) is 5.75 Å². The van der Waals surface area contributed by atoms with Crippen molar-refractivity contribution in [2.24, 2.45) is 5.92 Å². The summed E-state index contributed by atoms with van der Waals surface area (Å²) in [5.41, 5.74) is 1.76. The molecule has 0 saturated heterocycles. The molecule has 1 aliphatic rings. The number of pyridine rings is 1. The fraction of sp³-hybridized carbons (Fsp3) is 0.350. The largest absolute Gasteiger partial charge is 0.494 e. The van der Waals surface area contributed by atoms with E-state index in [0.29, 0.717) is 13.2 Å². The molecule has 1 saturated carbocycles. The monoisotopic (exact) mass is 367 g/mol. The first-order valence-electron chi connectivity index (χ1n) is 8.99. The number of ether oxygens (including phenoxy) is 1. The van der Waals surface area contributed by atoms with Gasteiger partial charge in [0.25, 0.3) is 0 Å². The third-order valence-corrected chi connectivity index (χ3v) is 5.70. The second kappa shape index (κ2) is 7.41. The van der Waals surface area contributed by atoms with Gasteiger partial charge < -0.3 is 4.74 Å². The predicted molar refractivity (Wildman–Crippen MR) is 104 cm³/mol. The number of fused-ring (bicyclic) bond motifs is 1. The molecule has 0 radical (unpaired) electrons. The molecule has 134 valence electrons. The molecule has 1 fully saturated rings. The quantitative estimate of drug-likeness (QED) is 0.647. The molecule has 1 amide bonds. The van der Waals surface area contributed by atoms with E-state index in [1.165, 1.54) is 11.3 Å². The third-order valence-electron chi connectivity index (χ3n) is 4.66. The maximum Gasteiger partial charge on any atom is 0.232 e. The van der Waals surface area contributed by atoms with Crippen LogP contribution in [0.2, 0.25) is 0 Å². The zero-order valence-corrected chi connectivity index (χ0v) is 15.5. The number of carbonyl (C=O) groups excluding carboxylic acids is 1. The average Bonchev–Trinajstić information content (AvgIpc) is 3.02. The number of nitrogens with zero attached hydrogens (tertiary/aromatic N) is 3. The van der Waals surface area contributed by atoms with Crippen LogP contribution in [0.1, 0.15) is 31.9 Å². The van der Waals surface area contributed by atoms with Crippen LogP contribution >= 0.6 is 11.3 Å². The summed E-state index contributed by atoms with van der Waals surface area (Å²) in [5.74, 6) is 1.10. The van der Waals surface area contributed by atoms with E-state index in [1.54, 1.807) is 11.1 Å². The molecule has 1 aromatic carbocycles. The standard InChI is InChI=1S/C20H21N3O2S/c1-2-25-16-9-10-17-18(12-16)26-20(22-17)23(19(24)14-6-5-7-14)13-15-8-3-4-11-21-15/h3-4,8-12,14H,2,5-7,13H2,1H3. The van der Waals surface area contributed by atoms with E-state index in [4.69, 9.17) is 9.72 Å². The van der Waals surface area contributed by atoms with Gasteiger partial charge in [-0.15, -0.1) is 0 Å². The number of hydrogen-bond acceptors (Lipinski definition) is 5.